The normalized spacial score (nSPS) is 12.1. The maximum atomic E-state index is 14.5. The van der Waals surface area contributed by atoms with Gasteiger partial charge < -0.3 is 10.1 Å². The molecule has 0 saturated heterocycles. The SMILES string of the molecule is CC(C)(Sc1cc2cc(-c3cc(C(C)(C)C#N)ccn3)[nH]c2cc1F)C(=O)O. The van der Waals surface area contributed by atoms with Gasteiger partial charge in [0.2, 0.25) is 0 Å². The van der Waals surface area contributed by atoms with Crippen molar-refractivity contribution in [3.63, 3.8) is 0 Å². The van der Waals surface area contributed by atoms with Gasteiger partial charge in [0.25, 0.3) is 0 Å². The second-order valence-electron chi connectivity index (χ2n) is 7.64. The van der Waals surface area contributed by atoms with E-state index in [1.165, 1.54) is 6.07 Å². The van der Waals surface area contributed by atoms with Crippen LogP contribution in [0.15, 0.2) is 41.4 Å². The minimum atomic E-state index is -1.15. The zero-order valence-corrected chi connectivity index (χ0v) is 16.8. The number of nitrogens with one attached hydrogen (secondary N) is 1. The summed E-state index contributed by atoms with van der Waals surface area (Å²) in [4.78, 5) is 19.1. The fourth-order valence-electron chi connectivity index (χ4n) is 2.70. The Morgan fingerprint density at radius 1 is 1.25 bits per heavy atom. The number of hydrogen-bond donors (Lipinski definition) is 2. The van der Waals surface area contributed by atoms with E-state index in [9.17, 15) is 19.6 Å². The molecule has 0 atom stereocenters. The van der Waals surface area contributed by atoms with E-state index >= 15 is 0 Å². The largest absolute Gasteiger partial charge is 0.480 e. The van der Waals surface area contributed by atoms with Crippen molar-refractivity contribution in [1.82, 2.24) is 9.97 Å². The van der Waals surface area contributed by atoms with Crippen molar-refractivity contribution in [3.05, 3.63) is 47.9 Å². The molecule has 0 aliphatic carbocycles. The van der Waals surface area contributed by atoms with Gasteiger partial charge >= 0.3 is 5.97 Å². The second-order valence-corrected chi connectivity index (χ2v) is 9.30. The third-order valence-electron chi connectivity index (χ3n) is 4.59. The lowest BCUT2D eigenvalue weighted by atomic mass is 9.86. The molecule has 0 aliphatic rings. The zero-order valence-electron chi connectivity index (χ0n) is 16.0. The number of nitrogens with zero attached hydrogens (tertiary/aromatic N) is 2. The number of aromatic amines is 1. The summed E-state index contributed by atoms with van der Waals surface area (Å²) in [6, 6.07) is 10.8. The summed E-state index contributed by atoms with van der Waals surface area (Å²) in [6.07, 6.45) is 1.65. The molecule has 0 aliphatic heterocycles. The van der Waals surface area contributed by atoms with Gasteiger partial charge in [-0.05, 0) is 63.6 Å². The van der Waals surface area contributed by atoms with Gasteiger partial charge in [-0.15, -0.1) is 11.8 Å². The van der Waals surface area contributed by atoms with Gasteiger partial charge in [-0.25, -0.2) is 4.39 Å². The number of rotatable bonds is 5. The third-order valence-corrected chi connectivity index (χ3v) is 5.81. The van der Waals surface area contributed by atoms with Crippen molar-refractivity contribution < 1.29 is 14.3 Å². The number of hydrogen-bond acceptors (Lipinski definition) is 4. The van der Waals surface area contributed by atoms with Crippen LogP contribution in [-0.4, -0.2) is 25.8 Å². The Bertz CT molecular complexity index is 1110. The highest BCUT2D eigenvalue weighted by atomic mass is 32.2. The molecule has 144 valence electrons. The van der Waals surface area contributed by atoms with E-state index in [0.29, 0.717) is 16.9 Å². The Balaban J connectivity index is 2.03. The molecule has 1 aromatic carbocycles. The molecule has 0 unspecified atom stereocenters. The predicted octanol–water partition coefficient (Wildman–Crippen LogP) is 5.13. The highest BCUT2D eigenvalue weighted by Crippen LogP contribution is 2.37. The van der Waals surface area contributed by atoms with Crippen LogP contribution in [0.5, 0.6) is 0 Å². The van der Waals surface area contributed by atoms with E-state index in [1.54, 1.807) is 32.2 Å². The molecule has 2 heterocycles. The zero-order chi connectivity index (χ0) is 20.7. The van der Waals surface area contributed by atoms with Crippen molar-refractivity contribution in [3.8, 4) is 17.5 Å². The van der Waals surface area contributed by atoms with Gasteiger partial charge in [0.15, 0.2) is 0 Å². The van der Waals surface area contributed by atoms with Crippen molar-refractivity contribution in [2.24, 2.45) is 0 Å². The number of nitriles is 1. The first-order chi connectivity index (χ1) is 13.0. The van der Waals surface area contributed by atoms with Gasteiger partial charge in [0, 0.05) is 22.0 Å². The highest BCUT2D eigenvalue weighted by Gasteiger charge is 2.30. The standard InChI is InChI=1S/C21H20FN3O2S/c1-20(2,11-23)13-5-6-24-16(9-13)17-7-12-8-18(14(22)10-15(12)25-17)28-21(3,4)19(26)27/h5-10,25H,1-4H3,(H,26,27). The molecule has 7 heteroatoms. The number of carboxylic acid groups (broad SMARTS) is 1. The Morgan fingerprint density at radius 3 is 2.61 bits per heavy atom. The molecular weight excluding hydrogens is 377 g/mol. The Kier molecular flexibility index (Phi) is 4.94. The van der Waals surface area contributed by atoms with Gasteiger partial charge in [-0.1, -0.05) is 0 Å². The molecule has 5 nitrogen and oxygen atoms in total. The fourth-order valence-corrected chi connectivity index (χ4v) is 3.68. The van der Waals surface area contributed by atoms with Crippen LogP contribution in [0.3, 0.4) is 0 Å². The predicted molar refractivity (Wildman–Crippen MR) is 108 cm³/mol. The lowest BCUT2D eigenvalue weighted by Gasteiger charge is -2.18. The minimum absolute atomic E-state index is 0.276. The van der Waals surface area contributed by atoms with E-state index in [4.69, 9.17) is 0 Å². The monoisotopic (exact) mass is 397 g/mol. The summed E-state index contributed by atoms with van der Waals surface area (Å²) in [5.41, 5.74) is 2.13. The smallest absolute Gasteiger partial charge is 0.319 e. The van der Waals surface area contributed by atoms with Crippen LogP contribution in [0, 0.1) is 17.1 Å². The lowest BCUT2D eigenvalue weighted by molar-refractivity contribution is -0.138. The third kappa shape index (κ3) is 3.73. The molecule has 0 amide bonds. The molecule has 0 spiro atoms. The van der Waals surface area contributed by atoms with Crippen LogP contribution in [-0.2, 0) is 10.2 Å². The number of thioether (sulfide) groups is 1. The van der Waals surface area contributed by atoms with Crippen LogP contribution in [0.1, 0.15) is 33.3 Å². The van der Waals surface area contributed by atoms with Crippen molar-refractivity contribution in [2.75, 3.05) is 0 Å². The summed E-state index contributed by atoms with van der Waals surface area (Å²) in [7, 11) is 0. The first-order valence-corrected chi connectivity index (χ1v) is 9.48. The Labute approximate surface area is 166 Å². The van der Waals surface area contributed by atoms with E-state index in [-0.39, 0.29) is 4.90 Å². The van der Waals surface area contributed by atoms with Crippen molar-refractivity contribution >= 4 is 28.6 Å². The van der Waals surface area contributed by atoms with Crippen LogP contribution < -0.4 is 0 Å². The Hall–Kier alpha value is -2.85. The minimum Gasteiger partial charge on any atom is -0.480 e. The highest BCUT2D eigenvalue weighted by molar-refractivity contribution is 8.01. The molecule has 0 saturated carbocycles. The molecule has 28 heavy (non-hydrogen) atoms. The molecule has 2 N–H and O–H groups in total. The number of halogens is 1. The summed E-state index contributed by atoms with van der Waals surface area (Å²) in [5.74, 6) is -1.49. The van der Waals surface area contributed by atoms with Crippen LogP contribution >= 0.6 is 11.8 Å². The number of pyridine rings is 1. The van der Waals surface area contributed by atoms with Gasteiger partial charge in [0.05, 0.1) is 22.9 Å². The number of aliphatic carboxylic acids is 1. The maximum Gasteiger partial charge on any atom is 0.319 e. The quantitative estimate of drug-likeness (QED) is 0.583. The second kappa shape index (κ2) is 6.95. The maximum absolute atomic E-state index is 14.5. The fraction of sp³-hybridized carbons (Fsp3) is 0.286. The molecule has 3 aromatic rings. The molecule has 2 aromatic heterocycles. The number of benzene rings is 1. The summed E-state index contributed by atoms with van der Waals surface area (Å²) in [6.45, 7) is 6.75. The molecule has 0 bridgehead atoms. The number of carboxylic acids is 1. The first-order valence-electron chi connectivity index (χ1n) is 8.66. The Morgan fingerprint density at radius 2 is 1.96 bits per heavy atom. The van der Waals surface area contributed by atoms with Gasteiger partial charge in [0.1, 0.15) is 10.6 Å². The van der Waals surface area contributed by atoms with E-state index in [0.717, 1.165) is 22.7 Å². The van der Waals surface area contributed by atoms with Gasteiger partial charge in [-0.3, -0.25) is 9.78 Å². The first kappa shape index (κ1) is 19.9. The number of fused-ring (bicyclic) bond motifs is 1. The van der Waals surface area contributed by atoms with Crippen LogP contribution in [0.4, 0.5) is 4.39 Å². The summed E-state index contributed by atoms with van der Waals surface area (Å²) < 4.78 is 13.4. The topological polar surface area (TPSA) is 89.8 Å². The molecule has 3 rings (SSSR count). The van der Waals surface area contributed by atoms with Crippen LogP contribution in [0.25, 0.3) is 22.3 Å². The molecule has 0 fully saturated rings. The number of H-pyrrole nitrogens is 1. The van der Waals surface area contributed by atoms with E-state index in [1.807, 2.05) is 26.0 Å². The van der Waals surface area contributed by atoms with E-state index in [2.05, 4.69) is 16.0 Å². The average Bonchev–Trinajstić information content (AvgIpc) is 3.04. The molecule has 0 radical (unpaired) electrons. The number of carbonyl (C=O) groups is 1. The molecular formula is C21H20FN3O2S. The van der Waals surface area contributed by atoms with Gasteiger partial charge in [-0.2, -0.15) is 5.26 Å². The van der Waals surface area contributed by atoms with E-state index < -0.39 is 21.9 Å². The van der Waals surface area contributed by atoms with Crippen LogP contribution in [0.2, 0.25) is 0 Å². The summed E-state index contributed by atoms with van der Waals surface area (Å²) >= 11 is 0.969. The number of aromatic nitrogens is 2. The lowest BCUT2D eigenvalue weighted by Crippen LogP contribution is -2.27. The summed E-state index contributed by atoms with van der Waals surface area (Å²) in [5, 5.41) is 19.4. The van der Waals surface area contributed by atoms with Crippen molar-refractivity contribution in [2.45, 2.75) is 42.8 Å². The van der Waals surface area contributed by atoms with Crippen molar-refractivity contribution in [1.29, 1.82) is 5.26 Å². The average molecular weight is 397 g/mol.